The monoisotopic (exact) mass is 404 g/mol. The number of nitrogens with one attached hydrogen (secondary N) is 1. The molecule has 1 aliphatic carbocycles. The third-order valence-electron chi connectivity index (χ3n) is 4.80. The van der Waals surface area contributed by atoms with Crippen molar-refractivity contribution < 1.29 is 24.2 Å². The zero-order valence-corrected chi connectivity index (χ0v) is 16.3. The fourth-order valence-corrected chi connectivity index (χ4v) is 3.17. The summed E-state index contributed by atoms with van der Waals surface area (Å²) >= 11 is 5.91. The lowest BCUT2D eigenvalue weighted by Crippen LogP contribution is -2.43. The number of carbonyl (C=O) groups excluding carboxylic acids is 2. The number of methoxy groups -OCH3 is 1. The molecule has 0 radical (unpaired) electrons. The fourth-order valence-electron chi connectivity index (χ4n) is 3.04. The van der Waals surface area contributed by atoms with E-state index in [1.807, 2.05) is 24.3 Å². The van der Waals surface area contributed by atoms with Crippen molar-refractivity contribution in [1.82, 2.24) is 10.3 Å². The Morgan fingerprint density at radius 3 is 2.57 bits per heavy atom. The summed E-state index contributed by atoms with van der Waals surface area (Å²) in [6.07, 6.45) is 2.78. The molecule has 1 aromatic heterocycles. The molecule has 1 saturated carbocycles. The number of halogens is 1. The van der Waals surface area contributed by atoms with Gasteiger partial charge in [-0.15, -0.1) is 0 Å². The van der Waals surface area contributed by atoms with Crippen molar-refractivity contribution in [3.63, 3.8) is 0 Å². The van der Waals surface area contributed by atoms with Crippen LogP contribution in [-0.4, -0.2) is 41.2 Å². The average molecular weight is 405 g/mol. The first-order chi connectivity index (χ1) is 13.4. The lowest BCUT2D eigenvalue weighted by molar-refractivity contribution is -0.156. The van der Waals surface area contributed by atoms with Crippen LogP contribution in [0.3, 0.4) is 0 Å². The van der Waals surface area contributed by atoms with Crippen LogP contribution in [0, 0.1) is 0 Å². The van der Waals surface area contributed by atoms with Gasteiger partial charge in [-0.25, -0.2) is 9.78 Å². The van der Waals surface area contributed by atoms with Crippen molar-refractivity contribution in [3.8, 4) is 11.5 Å². The van der Waals surface area contributed by atoms with E-state index in [9.17, 15) is 14.7 Å². The van der Waals surface area contributed by atoms with E-state index in [0.29, 0.717) is 5.02 Å². The second-order valence-corrected chi connectivity index (χ2v) is 7.05. The summed E-state index contributed by atoms with van der Waals surface area (Å²) in [5.41, 5.74) is 0.845. The highest BCUT2D eigenvalue weighted by molar-refractivity contribution is 6.30. The highest BCUT2D eigenvalue weighted by Gasteiger charge is 2.36. The summed E-state index contributed by atoms with van der Waals surface area (Å²) in [4.78, 5) is 28.6. The predicted octanol–water partition coefficient (Wildman–Crippen LogP) is 3.06. The molecule has 28 heavy (non-hydrogen) atoms. The molecule has 7 nitrogen and oxygen atoms in total. The second kappa shape index (κ2) is 8.48. The Bertz CT molecular complexity index is 871. The first-order valence-electron chi connectivity index (χ1n) is 8.89. The number of carbonyl (C=O) groups is 2. The van der Waals surface area contributed by atoms with Gasteiger partial charge < -0.3 is 19.9 Å². The zero-order chi connectivity index (χ0) is 20.3. The Hall–Kier alpha value is -2.80. The predicted molar refractivity (Wildman–Crippen MR) is 103 cm³/mol. The number of aromatic hydroxyl groups is 1. The molecule has 0 bridgehead atoms. The second-order valence-electron chi connectivity index (χ2n) is 6.62. The minimum absolute atomic E-state index is 0.119. The van der Waals surface area contributed by atoms with E-state index in [1.165, 1.54) is 26.3 Å². The normalized spacial score (nSPS) is 19.2. The summed E-state index contributed by atoms with van der Waals surface area (Å²) in [6.45, 7) is 1.52. The maximum Gasteiger partial charge on any atom is 0.328 e. The average Bonchev–Trinajstić information content (AvgIpc) is 2.66. The maximum absolute atomic E-state index is 12.4. The lowest BCUT2D eigenvalue weighted by atomic mass is 9.77. The van der Waals surface area contributed by atoms with Crippen LogP contribution in [0.2, 0.25) is 5.02 Å². The molecule has 1 fully saturated rings. The van der Waals surface area contributed by atoms with Crippen molar-refractivity contribution in [2.24, 2.45) is 0 Å². The van der Waals surface area contributed by atoms with Gasteiger partial charge in [0.1, 0.15) is 12.1 Å². The van der Waals surface area contributed by atoms with Crippen LogP contribution in [0.25, 0.3) is 0 Å². The Morgan fingerprint density at radius 1 is 1.25 bits per heavy atom. The van der Waals surface area contributed by atoms with Gasteiger partial charge in [0.25, 0.3) is 5.91 Å². The molecule has 1 aliphatic rings. The van der Waals surface area contributed by atoms with E-state index >= 15 is 0 Å². The smallest absolute Gasteiger partial charge is 0.328 e. The van der Waals surface area contributed by atoms with Crippen LogP contribution in [0.1, 0.15) is 41.7 Å². The van der Waals surface area contributed by atoms with Crippen LogP contribution in [0.15, 0.2) is 36.5 Å². The summed E-state index contributed by atoms with van der Waals surface area (Å²) in [6, 6.07) is 8.00. The van der Waals surface area contributed by atoms with Crippen molar-refractivity contribution in [2.75, 3.05) is 7.11 Å². The van der Waals surface area contributed by atoms with Gasteiger partial charge in [-0.05, 0) is 37.5 Å². The van der Waals surface area contributed by atoms with Gasteiger partial charge >= 0.3 is 5.97 Å². The number of hydrogen-bond acceptors (Lipinski definition) is 6. The molecule has 2 aromatic rings. The van der Waals surface area contributed by atoms with Gasteiger partial charge in [-0.1, -0.05) is 23.7 Å². The number of hydrogen-bond donors (Lipinski definition) is 2. The molecule has 8 heteroatoms. The number of amides is 1. The first-order valence-corrected chi connectivity index (χ1v) is 9.27. The van der Waals surface area contributed by atoms with Gasteiger partial charge in [0.15, 0.2) is 17.2 Å². The highest BCUT2D eigenvalue weighted by atomic mass is 35.5. The van der Waals surface area contributed by atoms with Gasteiger partial charge in [0.05, 0.1) is 7.11 Å². The minimum Gasteiger partial charge on any atom is -0.503 e. The lowest BCUT2D eigenvalue weighted by Gasteiger charge is -2.36. The molecule has 1 aromatic carbocycles. The Balaban J connectivity index is 1.59. The molecule has 0 aliphatic heterocycles. The molecular weight excluding hydrogens is 384 g/mol. The molecule has 3 atom stereocenters. The number of benzene rings is 1. The first kappa shape index (κ1) is 19.9. The highest BCUT2D eigenvalue weighted by Crippen LogP contribution is 2.39. The van der Waals surface area contributed by atoms with Crippen molar-refractivity contribution >= 4 is 23.5 Å². The molecule has 148 valence electrons. The Morgan fingerprint density at radius 2 is 1.96 bits per heavy atom. The van der Waals surface area contributed by atoms with E-state index < -0.39 is 17.9 Å². The molecular formula is C20H21ClN2O5. The Labute approximate surface area is 167 Å². The van der Waals surface area contributed by atoms with Crippen LogP contribution in [-0.2, 0) is 9.53 Å². The number of pyridine rings is 1. The molecule has 1 amide bonds. The van der Waals surface area contributed by atoms with Crippen LogP contribution < -0.4 is 10.1 Å². The van der Waals surface area contributed by atoms with Crippen LogP contribution >= 0.6 is 11.6 Å². The topological polar surface area (TPSA) is 97.8 Å². The summed E-state index contributed by atoms with van der Waals surface area (Å²) in [7, 11) is 1.37. The van der Waals surface area contributed by atoms with E-state index in [2.05, 4.69) is 10.3 Å². The maximum atomic E-state index is 12.4. The number of rotatable bonds is 6. The number of aromatic nitrogens is 1. The number of esters is 1. The third-order valence-corrected chi connectivity index (χ3v) is 5.05. The molecule has 3 rings (SSSR count). The number of nitrogens with zero attached hydrogens (tertiary/aromatic N) is 1. The molecule has 0 saturated heterocycles. The number of ether oxygens (including phenoxy) is 2. The summed E-state index contributed by atoms with van der Waals surface area (Å²) in [5.74, 6) is -1.38. The van der Waals surface area contributed by atoms with Gasteiger partial charge in [0, 0.05) is 23.2 Å². The van der Waals surface area contributed by atoms with Gasteiger partial charge in [-0.2, -0.15) is 0 Å². The van der Waals surface area contributed by atoms with E-state index in [0.717, 1.165) is 18.4 Å². The third kappa shape index (κ3) is 4.20. The van der Waals surface area contributed by atoms with Gasteiger partial charge in [-0.3, -0.25) is 4.79 Å². The van der Waals surface area contributed by atoms with Crippen molar-refractivity contribution in [3.05, 3.63) is 52.8 Å². The largest absolute Gasteiger partial charge is 0.503 e. The van der Waals surface area contributed by atoms with E-state index in [1.54, 1.807) is 0 Å². The quantitative estimate of drug-likeness (QED) is 0.718. The molecule has 1 heterocycles. The van der Waals surface area contributed by atoms with Crippen LogP contribution in [0.5, 0.6) is 11.5 Å². The molecule has 0 spiro atoms. The van der Waals surface area contributed by atoms with Crippen LogP contribution in [0.4, 0.5) is 0 Å². The van der Waals surface area contributed by atoms with Crippen molar-refractivity contribution in [1.29, 1.82) is 0 Å². The van der Waals surface area contributed by atoms with E-state index in [4.69, 9.17) is 21.1 Å². The molecule has 2 unspecified atom stereocenters. The van der Waals surface area contributed by atoms with Crippen molar-refractivity contribution in [2.45, 2.75) is 37.8 Å². The molecule has 2 N–H and O–H groups in total. The minimum atomic E-state index is -0.897. The zero-order valence-electron chi connectivity index (χ0n) is 15.5. The SMILES string of the molecule is COc1ccnc(C(=O)N[C@@H](C)C(=O)OC2CCC2c2ccc(Cl)cc2)c1O. The Kier molecular flexibility index (Phi) is 6.04. The summed E-state index contributed by atoms with van der Waals surface area (Å²) < 4.78 is 10.5. The summed E-state index contributed by atoms with van der Waals surface area (Å²) in [5, 5.41) is 13.2. The van der Waals surface area contributed by atoms with E-state index in [-0.39, 0.29) is 29.2 Å². The standard InChI is InChI=1S/C20H21ClN2O5/c1-11(23-19(25)17-18(24)16(27-2)9-10-22-17)20(26)28-15-8-7-14(15)12-3-5-13(21)6-4-12/h3-6,9-11,14-15,24H,7-8H2,1-2H3,(H,23,25)/t11-,14?,15?/m0/s1. The van der Waals surface area contributed by atoms with Gasteiger partial charge in [0.2, 0.25) is 0 Å². The fraction of sp³-hybridized carbons (Fsp3) is 0.350.